The van der Waals surface area contributed by atoms with Gasteiger partial charge in [-0.15, -0.1) is 0 Å². The van der Waals surface area contributed by atoms with E-state index < -0.39 is 11.6 Å². The number of esters is 1. The zero-order valence-electron chi connectivity index (χ0n) is 27.8. The van der Waals surface area contributed by atoms with Gasteiger partial charge in [0.05, 0.1) is 19.6 Å². The Labute approximate surface area is 277 Å². The third kappa shape index (κ3) is 7.71. The first-order valence-corrected chi connectivity index (χ1v) is 17.2. The molecule has 4 aliphatic rings. The molecule has 47 heavy (non-hydrogen) atoms. The predicted molar refractivity (Wildman–Crippen MR) is 182 cm³/mol. The van der Waals surface area contributed by atoms with Crippen molar-refractivity contribution < 1.29 is 23.9 Å². The molecular formula is C38H48N4O5. The van der Waals surface area contributed by atoms with Crippen molar-refractivity contribution in [1.82, 2.24) is 15.6 Å². The van der Waals surface area contributed by atoms with E-state index in [-0.39, 0.29) is 24.4 Å². The molecule has 0 spiro atoms. The zero-order chi connectivity index (χ0) is 33.0. The van der Waals surface area contributed by atoms with Gasteiger partial charge >= 0.3 is 12.1 Å². The Morgan fingerprint density at radius 2 is 1.62 bits per heavy atom. The number of hydrogen-bond donors (Lipinski definition) is 3. The highest BCUT2D eigenvalue weighted by atomic mass is 16.6. The van der Waals surface area contributed by atoms with Crippen LogP contribution in [0.3, 0.4) is 0 Å². The van der Waals surface area contributed by atoms with Crippen molar-refractivity contribution in [2.45, 2.75) is 90.3 Å². The molecule has 0 aliphatic heterocycles. The smallest absolute Gasteiger partial charge is 0.408 e. The van der Waals surface area contributed by atoms with Crippen molar-refractivity contribution in [1.29, 1.82) is 0 Å². The van der Waals surface area contributed by atoms with Gasteiger partial charge in [-0.25, -0.2) is 4.79 Å². The third-order valence-corrected chi connectivity index (χ3v) is 10.5. The second kappa shape index (κ2) is 14.3. The molecule has 2 amide bonds. The Kier molecular flexibility index (Phi) is 9.99. The van der Waals surface area contributed by atoms with E-state index in [1.165, 1.54) is 6.42 Å². The van der Waals surface area contributed by atoms with Crippen LogP contribution in [0.15, 0.2) is 59.7 Å². The number of nitrogens with one attached hydrogen (secondary N) is 3. The topological polar surface area (TPSA) is 122 Å². The third-order valence-electron chi connectivity index (χ3n) is 10.5. The lowest BCUT2D eigenvalue weighted by Gasteiger charge is -2.53. The number of fused-ring (bicyclic) bond motifs is 1. The van der Waals surface area contributed by atoms with E-state index >= 15 is 0 Å². The highest BCUT2D eigenvalue weighted by Crippen LogP contribution is 2.54. The summed E-state index contributed by atoms with van der Waals surface area (Å²) in [6.45, 7) is 6.57. The molecule has 2 aromatic carbocycles. The highest BCUT2D eigenvalue weighted by molar-refractivity contribution is 5.97. The minimum Gasteiger partial charge on any atom is -0.466 e. The standard InChI is InChI=1S/C38H48N4O5/c1-4-46-34(43)15-24(2)40-22-28-10-6-5-9-27(28)13-14-39-36(44)38(3,21-31-23-41-33-12-8-7-11-32(31)33)42-37(45)47-35-29-17-25-16-26(19-29)20-30(35)18-25/h5-12,23,25-26,29-30,35,41H,4,13-22H2,1-3H3,(H,39,44)(H,42,45). The molecule has 9 heteroatoms. The summed E-state index contributed by atoms with van der Waals surface area (Å²) < 4.78 is 11.2. The van der Waals surface area contributed by atoms with Crippen LogP contribution in [0.1, 0.15) is 76.0 Å². The van der Waals surface area contributed by atoms with E-state index in [2.05, 4.69) is 20.6 Å². The van der Waals surface area contributed by atoms with Crippen LogP contribution < -0.4 is 10.6 Å². The molecule has 250 valence electrons. The first-order valence-electron chi connectivity index (χ1n) is 17.2. The van der Waals surface area contributed by atoms with Gasteiger partial charge in [-0.05, 0) is 106 Å². The van der Waals surface area contributed by atoms with Crippen LogP contribution in [0, 0.1) is 23.7 Å². The fraction of sp³-hybridized carbons (Fsp3) is 0.526. The molecule has 4 bridgehead atoms. The van der Waals surface area contributed by atoms with Crippen molar-refractivity contribution in [3.05, 3.63) is 71.4 Å². The van der Waals surface area contributed by atoms with E-state index in [9.17, 15) is 14.4 Å². The Morgan fingerprint density at radius 3 is 2.34 bits per heavy atom. The van der Waals surface area contributed by atoms with Crippen molar-refractivity contribution in [2.24, 2.45) is 28.7 Å². The van der Waals surface area contributed by atoms with Crippen LogP contribution >= 0.6 is 0 Å². The molecule has 3 N–H and O–H groups in total. The lowest BCUT2D eigenvalue weighted by Crippen LogP contribution is -2.60. The molecule has 4 saturated carbocycles. The number of hydrogen-bond acceptors (Lipinski definition) is 6. The van der Waals surface area contributed by atoms with E-state index in [4.69, 9.17) is 9.47 Å². The van der Waals surface area contributed by atoms with E-state index in [0.29, 0.717) is 50.1 Å². The normalized spacial score (nSPS) is 24.5. The molecule has 0 radical (unpaired) electrons. The van der Waals surface area contributed by atoms with E-state index in [1.807, 2.05) is 61.7 Å². The van der Waals surface area contributed by atoms with Gasteiger partial charge in [0.25, 0.3) is 0 Å². The summed E-state index contributed by atoms with van der Waals surface area (Å²) >= 11 is 0. The van der Waals surface area contributed by atoms with Crippen LogP contribution in [-0.2, 0) is 38.4 Å². The van der Waals surface area contributed by atoms with Crippen molar-refractivity contribution in [3.63, 3.8) is 0 Å². The summed E-state index contributed by atoms with van der Waals surface area (Å²) in [6.07, 6.45) is 8.34. The number of ether oxygens (including phenoxy) is 2. The molecule has 4 aliphatic carbocycles. The average Bonchev–Trinajstić information content (AvgIpc) is 3.44. The van der Waals surface area contributed by atoms with Gasteiger partial charge in [-0.2, -0.15) is 0 Å². The van der Waals surface area contributed by atoms with Gasteiger partial charge in [-0.1, -0.05) is 42.5 Å². The number of H-pyrrole nitrogens is 1. The maximum atomic E-state index is 14.0. The van der Waals surface area contributed by atoms with Crippen LogP contribution in [0.2, 0.25) is 0 Å². The van der Waals surface area contributed by atoms with E-state index in [0.717, 1.165) is 65.1 Å². The predicted octanol–water partition coefficient (Wildman–Crippen LogP) is 6.29. The summed E-state index contributed by atoms with van der Waals surface area (Å²) in [5, 5.41) is 7.16. The molecule has 1 aromatic heterocycles. The first kappa shape index (κ1) is 32.8. The number of amides is 2. The molecule has 1 atom stereocenters. The second-order valence-electron chi connectivity index (χ2n) is 14.1. The molecule has 1 unspecified atom stereocenters. The monoisotopic (exact) mass is 640 g/mol. The summed E-state index contributed by atoms with van der Waals surface area (Å²) in [5.41, 5.74) is 3.51. The van der Waals surface area contributed by atoms with Crippen molar-refractivity contribution >= 4 is 34.6 Å². The fourth-order valence-electron chi connectivity index (χ4n) is 8.44. The zero-order valence-corrected chi connectivity index (χ0v) is 27.8. The minimum atomic E-state index is -1.23. The van der Waals surface area contributed by atoms with Gasteiger partial charge in [0.15, 0.2) is 0 Å². The number of aliphatic imine (C=N–C) groups is 1. The van der Waals surface area contributed by atoms with Gasteiger partial charge in [0.1, 0.15) is 11.6 Å². The number of aromatic amines is 1. The Bertz CT molecular complexity index is 1600. The first-order chi connectivity index (χ1) is 22.7. The van der Waals surface area contributed by atoms with Crippen LogP contribution in [0.5, 0.6) is 0 Å². The fourth-order valence-corrected chi connectivity index (χ4v) is 8.44. The number of carbonyl (C=O) groups excluding carboxylic acids is 3. The van der Waals surface area contributed by atoms with Gasteiger partial charge < -0.3 is 25.1 Å². The lowest BCUT2D eigenvalue weighted by atomic mass is 9.55. The van der Waals surface area contributed by atoms with Crippen LogP contribution in [-0.4, -0.2) is 53.5 Å². The largest absolute Gasteiger partial charge is 0.466 e. The Hall–Kier alpha value is -4.14. The maximum Gasteiger partial charge on any atom is 0.408 e. The SMILES string of the molecule is CCOC(=O)CC(C)=NCc1ccccc1CCNC(=O)C(C)(Cc1c[nH]c2ccccc12)NC(=O)OC1C2CC3CC(C2)CC1C3. The van der Waals surface area contributed by atoms with Crippen molar-refractivity contribution in [3.8, 4) is 0 Å². The summed E-state index contributed by atoms with van der Waals surface area (Å²) in [5.74, 6) is 1.89. The minimum absolute atomic E-state index is 0.0664. The molecule has 3 aromatic rings. The summed E-state index contributed by atoms with van der Waals surface area (Å²) in [6, 6.07) is 16.0. The molecule has 9 nitrogen and oxygen atoms in total. The number of rotatable bonds is 13. The summed E-state index contributed by atoms with van der Waals surface area (Å²) in [4.78, 5) is 47.3. The van der Waals surface area contributed by atoms with Gasteiger partial charge in [0, 0.05) is 35.8 Å². The number of para-hydroxylation sites is 1. The van der Waals surface area contributed by atoms with Crippen LogP contribution in [0.25, 0.3) is 10.9 Å². The highest BCUT2D eigenvalue weighted by Gasteiger charge is 2.50. The lowest BCUT2D eigenvalue weighted by molar-refractivity contribution is -0.141. The van der Waals surface area contributed by atoms with Gasteiger partial charge in [0.2, 0.25) is 5.91 Å². The van der Waals surface area contributed by atoms with Crippen LogP contribution in [0.4, 0.5) is 4.79 Å². The number of nitrogens with zero attached hydrogens (tertiary/aromatic N) is 1. The molecule has 7 rings (SSSR count). The number of alkyl carbamates (subject to hydrolysis) is 1. The number of carbonyl (C=O) groups is 3. The maximum absolute atomic E-state index is 14.0. The summed E-state index contributed by atoms with van der Waals surface area (Å²) in [7, 11) is 0. The molecule has 1 heterocycles. The van der Waals surface area contributed by atoms with E-state index in [1.54, 1.807) is 13.8 Å². The Morgan fingerprint density at radius 1 is 0.936 bits per heavy atom. The number of aromatic nitrogens is 1. The second-order valence-corrected chi connectivity index (χ2v) is 14.1. The van der Waals surface area contributed by atoms with Crippen molar-refractivity contribution in [2.75, 3.05) is 13.2 Å². The average molecular weight is 641 g/mol. The van der Waals surface area contributed by atoms with Gasteiger partial charge in [-0.3, -0.25) is 14.6 Å². The molecular weight excluding hydrogens is 592 g/mol. The molecule has 4 fully saturated rings. The Balaban J connectivity index is 1.12. The molecule has 0 saturated heterocycles. The quantitative estimate of drug-likeness (QED) is 0.150. The number of benzene rings is 2.